The van der Waals surface area contributed by atoms with Crippen LogP contribution in [0.25, 0.3) is 17.0 Å². The molecular weight excluding hydrogens is 326 g/mol. The number of carbonyl (C=O) groups excluding carboxylic acids is 1. The van der Waals surface area contributed by atoms with E-state index in [1.807, 2.05) is 55.5 Å². The highest BCUT2D eigenvalue weighted by Gasteiger charge is 2.12. The van der Waals surface area contributed by atoms with Gasteiger partial charge in [-0.05, 0) is 49.3 Å². The quantitative estimate of drug-likeness (QED) is 0.523. The van der Waals surface area contributed by atoms with E-state index in [4.69, 9.17) is 4.42 Å². The molecule has 5 heteroatoms. The third-order valence-electron chi connectivity index (χ3n) is 3.87. The first kappa shape index (κ1) is 17.6. The molecule has 0 saturated carbocycles. The van der Waals surface area contributed by atoms with E-state index in [0.717, 1.165) is 40.8 Å². The van der Waals surface area contributed by atoms with E-state index in [9.17, 15) is 4.79 Å². The van der Waals surface area contributed by atoms with Gasteiger partial charge in [-0.3, -0.25) is 9.78 Å². The van der Waals surface area contributed by atoms with E-state index < -0.39 is 0 Å². The maximum Gasteiger partial charge on any atom is 0.272 e. The van der Waals surface area contributed by atoms with Crippen molar-refractivity contribution < 1.29 is 9.21 Å². The summed E-state index contributed by atoms with van der Waals surface area (Å²) in [5.74, 6) is 0.493. The van der Waals surface area contributed by atoms with Crippen LogP contribution in [0.1, 0.15) is 42.1 Å². The fraction of sp³-hybridized carbons (Fsp3) is 0.190. The highest BCUT2D eigenvalue weighted by atomic mass is 16.3. The standard InChI is InChI=1S/C21H21N3O2/c1-3-7-16-13-19(18-9-4-5-10-20(18)23-16)21(25)24-22-14-15(2)12-17-8-6-11-26-17/h4-6,8-14H,3,7H2,1-2H3,(H,24,25)/b15-12+,22-14-. The fourth-order valence-electron chi connectivity index (χ4n) is 2.69. The van der Waals surface area contributed by atoms with Crippen molar-refractivity contribution in [2.45, 2.75) is 26.7 Å². The Labute approximate surface area is 152 Å². The Morgan fingerprint density at radius 3 is 2.88 bits per heavy atom. The second-order valence-electron chi connectivity index (χ2n) is 6.03. The van der Waals surface area contributed by atoms with Gasteiger partial charge in [0.05, 0.1) is 23.6 Å². The number of nitrogens with one attached hydrogen (secondary N) is 1. The minimum Gasteiger partial charge on any atom is -0.465 e. The number of aromatic nitrogens is 1. The van der Waals surface area contributed by atoms with Gasteiger partial charge in [-0.1, -0.05) is 31.5 Å². The third-order valence-corrected chi connectivity index (χ3v) is 3.87. The molecule has 0 aliphatic carbocycles. The largest absolute Gasteiger partial charge is 0.465 e. The molecule has 0 unspecified atom stereocenters. The van der Waals surface area contributed by atoms with E-state index >= 15 is 0 Å². The second-order valence-corrected chi connectivity index (χ2v) is 6.03. The monoisotopic (exact) mass is 347 g/mol. The highest BCUT2D eigenvalue weighted by Crippen LogP contribution is 2.19. The SMILES string of the molecule is CCCc1cc(C(=O)N/N=C\C(C)=C\c2ccco2)c2ccccc2n1. The van der Waals surface area contributed by atoms with Crippen LogP contribution in [0.15, 0.2) is 63.8 Å². The van der Waals surface area contributed by atoms with Crippen molar-refractivity contribution in [3.63, 3.8) is 0 Å². The van der Waals surface area contributed by atoms with Crippen LogP contribution in [0.4, 0.5) is 0 Å². The number of hydrogen-bond donors (Lipinski definition) is 1. The summed E-state index contributed by atoms with van der Waals surface area (Å²) in [7, 11) is 0. The zero-order valence-corrected chi connectivity index (χ0v) is 14.9. The molecule has 3 rings (SSSR count). The number of amides is 1. The number of benzene rings is 1. The van der Waals surface area contributed by atoms with Gasteiger partial charge in [0, 0.05) is 11.1 Å². The molecule has 5 nitrogen and oxygen atoms in total. The van der Waals surface area contributed by atoms with Gasteiger partial charge in [-0.25, -0.2) is 5.43 Å². The molecule has 3 aromatic rings. The first-order chi connectivity index (χ1) is 12.7. The predicted octanol–water partition coefficient (Wildman–Crippen LogP) is 4.60. The first-order valence-corrected chi connectivity index (χ1v) is 8.61. The van der Waals surface area contributed by atoms with Crippen molar-refractivity contribution in [2.24, 2.45) is 5.10 Å². The fourth-order valence-corrected chi connectivity index (χ4v) is 2.69. The van der Waals surface area contributed by atoms with Crippen LogP contribution >= 0.6 is 0 Å². The van der Waals surface area contributed by atoms with E-state index in [-0.39, 0.29) is 5.91 Å². The summed E-state index contributed by atoms with van der Waals surface area (Å²) >= 11 is 0. The summed E-state index contributed by atoms with van der Waals surface area (Å²) in [6, 6.07) is 13.2. The maximum atomic E-state index is 12.6. The van der Waals surface area contributed by atoms with Crippen LogP contribution in [0.3, 0.4) is 0 Å². The minimum absolute atomic E-state index is 0.247. The van der Waals surface area contributed by atoms with E-state index in [2.05, 4.69) is 22.4 Å². The van der Waals surface area contributed by atoms with Gasteiger partial charge in [0.25, 0.3) is 5.91 Å². The van der Waals surface area contributed by atoms with Crippen molar-refractivity contribution in [3.05, 3.63) is 71.3 Å². The number of allylic oxidation sites excluding steroid dienone is 1. The Hall–Kier alpha value is -3.21. The Bertz CT molecular complexity index is 957. The van der Waals surface area contributed by atoms with Gasteiger partial charge < -0.3 is 4.42 Å². The predicted molar refractivity (Wildman–Crippen MR) is 104 cm³/mol. The summed E-state index contributed by atoms with van der Waals surface area (Å²) < 4.78 is 5.25. The number of carbonyl (C=O) groups is 1. The molecule has 1 N–H and O–H groups in total. The minimum atomic E-state index is -0.247. The van der Waals surface area contributed by atoms with Gasteiger partial charge in [0.1, 0.15) is 5.76 Å². The second kappa shape index (κ2) is 8.25. The van der Waals surface area contributed by atoms with Crippen LogP contribution in [-0.4, -0.2) is 17.1 Å². The Morgan fingerprint density at radius 2 is 2.12 bits per heavy atom. The summed E-state index contributed by atoms with van der Waals surface area (Å²) in [5, 5.41) is 4.88. The van der Waals surface area contributed by atoms with Gasteiger partial charge in [-0.15, -0.1) is 0 Å². The van der Waals surface area contributed by atoms with Crippen molar-refractivity contribution in [1.82, 2.24) is 10.4 Å². The normalized spacial score (nSPS) is 12.0. The average molecular weight is 347 g/mol. The summed E-state index contributed by atoms with van der Waals surface area (Å²) in [4.78, 5) is 17.2. The van der Waals surface area contributed by atoms with Crippen molar-refractivity contribution in [3.8, 4) is 0 Å². The number of para-hydroxylation sites is 1. The van der Waals surface area contributed by atoms with Crippen molar-refractivity contribution >= 4 is 29.1 Å². The molecule has 2 heterocycles. The summed E-state index contributed by atoms with van der Waals surface area (Å²) in [5.41, 5.74) is 5.79. The Kier molecular flexibility index (Phi) is 5.59. The number of hydrazone groups is 1. The lowest BCUT2D eigenvalue weighted by Gasteiger charge is -2.08. The van der Waals surface area contributed by atoms with Gasteiger partial charge in [-0.2, -0.15) is 5.10 Å². The van der Waals surface area contributed by atoms with Gasteiger partial charge in [0.2, 0.25) is 0 Å². The molecule has 0 saturated heterocycles. The lowest BCUT2D eigenvalue weighted by molar-refractivity contribution is 0.0956. The number of nitrogens with zero attached hydrogens (tertiary/aromatic N) is 2. The zero-order valence-electron chi connectivity index (χ0n) is 14.9. The average Bonchev–Trinajstić information content (AvgIpc) is 3.14. The molecule has 0 atom stereocenters. The number of furan rings is 1. The number of pyridine rings is 1. The molecule has 2 aromatic heterocycles. The molecule has 1 amide bonds. The molecule has 0 aliphatic rings. The lowest BCUT2D eigenvalue weighted by atomic mass is 10.1. The molecule has 1 aromatic carbocycles. The molecule has 0 spiro atoms. The highest BCUT2D eigenvalue weighted by molar-refractivity contribution is 6.06. The van der Waals surface area contributed by atoms with Crippen molar-refractivity contribution in [2.75, 3.05) is 0 Å². The molecule has 0 fully saturated rings. The summed E-state index contributed by atoms with van der Waals surface area (Å²) in [6.45, 7) is 3.98. The maximum absolute atomic E-state index is 12.6. The van der Waals surface area contributed by atoms with Crippen LogP contribution in [0.2, 0.25) is 0 Å². The zero-order chi connectivity index (χ0) is 18.4. The van der Waals surface area contributed by atoms with Crippen LogP contribution in [0, 0.1) is 0 Å². The number of fused-ring (bicyclic) bond motifs is 1. The number of rotatable bonds is 6. The topological polar surface area (TPSA) is 67.5 Å². The lowest BCUT2D eigenvalue weighted by Crippen LogP contribution is -2.18. The number of hydrogen-bond acceptors (Lipinski definition) is 4. The van der Waals surface area contributed by atoms with Crippen LogP contribution < -0.4 is 5.43 Å². The molecule has 0 aliphatic heterocycles. The number of aryl methyl sites for hydroxylation is 1. The molecule has 0 radical (unpaired) electrons. The first-order valence-electron chi connectivity index (χ1n) is 8.61. The summed E-state index contributed by atoms with van der Waals surface area (Å²) in [6.07, 6.45) is 6.86. The van der Waals surface area contributed by atoms with Crippen LogP contribution in [0.5, 0.6) is 0 Å². The molecular formula is C21H21N3O2. The van der Waals surface area contributed by atoms with E-state index in [0.29, 0.717) is 5.56 Å². The Balaban J connectivity index is 1.80. The van der Waals surface area contributed by atoms with Crippen LogP contribution in [-0.2, 0) is 6.42 Å². The molecule has 0 bridgehead atoms. The van der Waals surface area contributed by atoms with Crippen molar-refractivity contribution in [1.29, 1.82) is 0 Å². The molecule has 132 valence electrons. The van der Waals surface area contributed by atoms with E-state index in [1.54, 1.807) is 12.5 Å². The third kappa shape index (κ3) is 4.25. The smallest absolute Gasteiger partial charge is 0.272 e. The Morgan fingerprint density at radius 1 is 1.27 bits per heavy atom. The van der Waals surface area contributed by atoms with Gasteiger partial charge >= 0.3 is 0 Å². The molecule has 26 heavy (non-hydrogen) atoms. The van der Waals surface area contributed by atoms with Gasteiger partial charge in [0.15, 0.2) is 0 Å². The van der Waals surface area contributed by atoms with E-state index in [1.165, 1.54) is 0 Å².